The third-order valence-electron chi connectivity index (χ3n) is 3.40. The van der Waals surface area contributed by atoms with Crippen molar-refractivity contribution in [2.75, 3.05) is 0 Å². The standard InChI is InChI=1S/C16H11N3/c1-2-6-13-11(5-1)12-9-17-14-7-3-4-8-15(14)18-10-16(12)19-13/h1-4,6-10H,5H2/b17-9-,18-10-. The number of benzene rings is 1. The zero-order chi connectivity index (χ0) is 12.7. The fraction of sp³-hybridized carbons (Fsp3) is 0.0625. The van der Waals surface area contributed by atoms with Crippen LogP contribution in [0.25, 0.3) is 0 Å². The molecule has 1 aromatic rings. The zero-order valence-corrected chi connectivity index (χ0v) is 10.2. The maximum absolute atomic E-state index is 4.62. The summed E-state index contributed by atoms with van der Waals surface area (Å²) in [5.41, 5.74) is 6.06. The first-order valence-electron chi connectivity index (χ1n) is 6.28. The second kappa shape index (κ2) is 3.99. The van der Waals surface area contributed by atoms with Crippen molar-refractivity contribution in [1.29, 1.82) is 0 Å². The molecule has 0 aromatic heterocycles. The van der Waals surface area contributed by atoms with Crippen molar-refractivity contribution < 1.29 is 0 Å². The number of hydrogen-bond donors (Lipinski definition) is 0. The minimum Gasteiger partial charge on any atom is -0.254 e. The van der Waals surface area contributed by atoms with E-state index in [4.69, 9.17) is 0 Å². The highest BCUT2D eigenvalue weighted by Crippen LogP contribution is 2.33. The predicted molar refractivity (Wildman–Crippen MR) is 79.0 cm³/mol. The molecular weight excluding hydrogens is 234 g/mol. The highest BCUT2D eigenvalue weighted by atomic mass is 14.9. The van der Waals surface area contributed by atoms with E-state index in [0.717, 1.165) is 34.8 Å². The van der Waals surface area contributed by atoms with Crippen LogP contribution in [0.2, 0.25) is 0 Å². The molecule has 0 bridgehead atoms. The van der Waals surface area contributed by atoms with Gasteiger partial charge >= 0.3 is 0 Å². The molecule has 0 spiro atoms. The van der Waals surface area contributed by atoms with E-state index < -0.39 is 0 Å². The van der Waals surface area contributed by atoms with Crippen LogP contribution in [0.5, 0.6) is 0 Å². The molecule has 1 aliphatic carbocycles. The van der Waals surface area contributed by atoms with Crippen LogP contribution in [0, 0.1) is 0 Å². The lowest BCUT2D eigenvalue weighted by Crippen LogP contribution is -2.05. The second-order valence-corrected chi connectivity index (χ2v) is 4.58. The van der Waals surface area contributed by atoms with E-state index in [1.165, 1.54) is 5.57 Å². The smallest absolute Gasteiger partial charge is 0.0911 e. The van der Waals surface area contributed by atoms with Gasteiger partial charge in [-0.2, -0.15) is 0 Å². The summed E-state index contributed by atoms with van der Waals surface area (Å²) in [6.45, 7) is 0. The van der Waals surface area contributed by atoms with E-state index in [1.54, 1.807) is 0 Å². The largest absolute Gasteiger partial charge is 0.254 e. The number of nitrogens with zero attached hydrogens (tertiary/aromatic N) is 3. The molecule has 0 amide bonds. The summed E-state index contributed by atoms with van der Waals surface area (Å²) in [6.07, 6.45) is 10.9. The normalized spacial score (nSPS) is 22.5. The van der Waals surface area contributed by atoms with E-state index >= 15 is 0 Å². The predicted octanol–water partition coefficient (Wildman–Crippen LogP) is 3.70. The van der Waals surface area contributed by atoms with Crippen molar-refractivity contribution in [3.8, 4) is 0 Å². The second-order valence-electron chi connectivity index (χ2n) is 4.58. The first kappa shape index (κ1) is 10.4. The Morgan fingerprint density at radius 1 is 0.947 bits per heavy atom. The third-order valence-corrected chi connectivity index (χ3v) is 3.40. The van der Waals surface area contributed by atoms with Crippen molar-refractivity contribution in [2.24, 2.45) is 15.0 Å². The maximum Gasteiger partial charge on any atom is 0.0911 e. The van der Waals surface area contributed by atoms with Gasteiger partial charge in [-0.25, -0.2) is 4.99 Å². The van der Waals surface area contributed by atoms with Gasteiger partial charge in [-0.15, -0.1) is 0 Å². The zero-order valence-electron chi connectivity index (χ0n) is 10.2. The Balaban J connectivity index is 1.91. The lowest BCUT2D eigenvalue weighted by Gasteiger charge is -2.07. The average Bonchev–Trinajstić information content (AvgIpc) is 2.78. The Hall–Kier alpha value is -2.55. The number of hydrogen-bond acceptors (Lipinski definition) is 3. The molecule has 3 heteroatoms. The van der Waals surface area contributed by atoms with Gasteiger partial charge in [0.05, 0.1) is 29.0 Å². The van der Waals surface area contributed by atoms with Gasteiger partial charge in [-0.1, -0.05) is 24.3 Å². The quantitative estimate of drug-likeness (QED) is 0.668. The van der Waals surface area contributed by atoms with Gasteiger partial charge in [0.25, 0.3) is 0 Å². The minimum atomic E-state index is 0.882. The van der Waals surface area contributed by atoms with Gasteiger partial charge in [0, 0.05) is 11.8 Å². The number of fused-ring (bicyclic) bond motifs is 3. The third kappa shape index (κ3) is 1.63. The molecule has 0 atom stereocenters. The average molecular weight is 245 g/mol. The topological polar surface area (TPSA) is 37.1 Å². The fourth-order valence-corrected chi connectivity index (χ4v) is 2.44. The van der Waals surface area contributed by atoms with Crippen LogP contribution >= 0.6 is 0 Å². The first-order chi connectivity index (χ1) is 9.42. The molecular formula is C16H11N3. The van der Waals surface area contributed by atoms with Crippen molar-refractivity contribution >= 4 is 29.5 Å². The van der Waals surface area contributed by atoms with Crippen LogP contribution in [0.15, 0.2) is 74.3 Å². The lowest BCUT2D eigenvalue weighted by atomic mass is 9.99. The van der Waals surface area contributed by atoms with E-state index in [2.05, 4.69) is 21.1 Å². The van der Waals surface area contributed by atoms with Crippen LogP contribution in [-0.4, -0.2) is 18.1 Å². The molecule has 19 heavy (non-hydrogen) atoms. The van der Waals surface area contributed by atoms with Crippen LogP contribution in [0.3, 0.4) is 0 Å². The van der Waals surface area contributed by atoms with E-state index in [1.807, 2.05) is 48.8 Å². The molecule has 0 radical (unpaired) electrons. The van der Waals surface area contributed by atoms with Gasteiger partial charge in [0.15, 0.2) is 0 Å². The first-order valence-corrected chi connectivity index (χ1v) is 6.28. The summed E-state index contributed by atoms with van der Waals surface area (Å²) >= 11 is 0. The van der Waals surface area contributed by atoms with Gasteiger partial charge in [-0.3, -0.25) is 9.98 Å². The molecule has 0 saturated carbocycles. The van der Waals surface area contributed by atoms with Crippen molar-refractivity contribution in [2.45, 2.75) is 6.42 Å². The summed E-state index contributed by atoms with van der Waals surface area (Å²) < 4.78 is 0. The Labute approximate surface area is 111 Å². The maximum atomic E-state index is 4.62. The Morgan fingerprint density at radius 3 is 2.58 bits per heavy atom. The van der Waals surface area contributed by atoms with Gasteiger partial charge in [0.1, 0.15) is 0 Å². The summed E-state index contributed by atoms with van der Waals surface area (Å²) in [6, 6.07) is 7.88. The van der Waals surface area contributed by atoms with Crippen molar-refractivity contribution in [1.82, 2.24) is 0 Å². The van der Waals surface area contributed by atoms with Crippen molar-refractivity contribution in [3.05, 3.63) is 59.3 Å². The highest BCUT2D eigenvalue weighted by molar-refractivity contribution is 6.46. The van der Waals surface area contributed by atoms with Crippen LogP contribution in [-0.2, 0) is 0 Å². The summed E-state index contributed by atoms with van der Waals surface area (Å²) in [5, 5.41) is 0. The number of rotatable bonds is 0. The monoisotopic (exact) mass is 245 g/mol. The van der Waals surface area contributed by atoms with Crippen LogP contribution < -0.4 is 0 Å². The number of para-hydroxylation sites is 2. The molecule has 4 rings (SSSR count). The van der Waals surface area contributed by atoms with Crippen molar-refractivity contribution in [3.63, 3.8) is 0 Å². The summed E-state index contributed by atoms with van der Waals surface area (Å²) in [7, 11) is 0. The molecule has 90 valence electrons. The van der Waals surface area contributed by atoms with Gasteiger partial charge < -0.3 is 0 Å². The van der Waals surface area contributed by atoms with Crippen LogP contribution in [0.1, 0.15) is 6.42 Å². The Morgan fingerprint density at radius 2 is 1.74 bits per heavy atom. The number of aliphatic imine (C=N–C) groups is 3. The molecule has 3 aliphatic rings. The Kier molecular flexibility index (Phi) is 2.18. The SMILES string of the molecule is C1=CCC2=C3/C=N\c4ccccc4/N=C\C3=NC2=C1. The lowest BCUT2D eigenvalue weighted by molar-refractivity contribution is 1.18. The van der Waals surface area contributed by atoms with E-state index in [9.17, 15) is 0 Å². The molecule has 0 fully saturated rings. The molecule has 0 unspecified atom stereocenters. The highest BCUT2D eigenvalue weighted by Gasteiger charge is 2.22. The summed E-state index contributed by atoms with van der Waals surface area (Å²) in [4.78, 5) is 13.7. The van der Waals surface area contributed by atoms with E-state index in [0.29, 0.717) is 0 Å². The number of allylic oxidation sites excluding steroid dienone is 5. The van der Waals surface area contributed by atoms with Gasteiger partial charge in [0.2, 0.25) is 0 Å². The van der Waals surface area contributed by atoms with Gasteiger partial charge in [-0.05, 0) is 30.2 Å². The molecule has 2 heterocycles. The molecule has 0 N–H and O–H groups in total. The molecule has 3 nitrogen and oxygen atoms in total. The van der Waals surface area contributed by atoms with Crippen LogP contribution in [0.4, 0.5) is 11.4 Å². The molecule has 0 saturated heterocycles. The van der Waals surface area contributed by atoms with E-state index in [-0.39, 0.29) is 0 Å². The minimum absolute atomic E-state index is 0.882. The Bertz CT molecular complexity index is 743. The summed E-state index contributed by atoms with van der Waals surface area (Å²) in [5.74, 6) is 0. The fourth-order valence-electron chi connectivity index (χ4n) is 2.44. The molecule has 1 aromatic carbocycles. The molecule has 2 aliphatic heterocycles.